The van der Waals surface area contributed by atoms with E-state index in [2.05, 4.69) is 11.9 Å². The van der Waals surface area contributed by atoms with E-state index in [0.717, 1.165) is 30.7 Å². The van der Waals surface area contributed by atoms with Crippen molar-refractivity contribution in [1.29, 1.82) is 0 Å². The van der Waals surface area contributed by atoms with Gasteiger partial charge in [-0.3, -0.25) is 9.59 Å². The van der Waals surface area contributed by atoms with E-state index in [1.807, 2.05) is 13.0 Å². The Morgan fingerprint density at radius 3 is 2.74 bits per heavy atom. The quantitative estimate of drug-likeness (QED) is 0.373. The van der Waals surface area contributed by atoms with Gasteiger partial charge in [-0.2, -0.15) is 0 Å². The number of ketones is 1. The molecule has 4 rings (SSSR count). The van der Waals surface area contributed by atoms with Gasteiger partial charge in [-0.05, 0) is 50.8 Å². The Labute approximate surface area is 209 Å². The smallest absolute Gasteiger partial charge is 0.290 e. The molecule has 0 bridgehead atoms. The zero-order valence-corrected chi connectivity index (χ0v) is 21.4. The van der Waals surface area contributed by atoms with E-state index in [1.54, 1.807) is 26.2 Å². The van der Waals surface area contributed by atoms with Gasteiger partial charge in [-0.25, -0.2) is 4.98 Å². The predicted molar refractivity (Wildman–Crippen MR) is 132 cm³/mol. The van der Waals surface area contributed by atoms with E-state index in [9.17, 15) is 14.7 Å². The Bertz CT molecular complexity index is 1130. The molecular weight excluding hydrogens is 468 g/mol. The first-order valence-corrected chi connectivity index (χ1v) is 12.8. The van der Waals surface area contributed by atoms with Crippen LogP contribution in [0.2, 0.25) is 0 Å². The van der Waals surface area contributed by atoms with Crippen LogP contribution in [0.1, 0.15) is 64.6 Å². The highest BCUT2D eigenvalue weighted by Crippen LogP contribution is 2.43. The highest BCUT2D eigenvalue weighted by molar-refractivity contribution is 7.14. The van der Waals surface area contributed by atoms with Gasteiger partial charge in [0.25, 0.3) is 5.91 Å². The van der Waals surface area contributed by atoms with Gasteiger partial charge in [-0.15, -0.1) is 11.3 Å². The summed E-state index contributed by atoms with van der Waals surface area (Å²) in [4.78, 5) is 33.3. The molecule has 1 N–H and O–H groups in total. The van der Waals surface area contributed by atoms with Gasteiger partial charge in [-0.1, -0.05) is 19.4 Å². The maximum atomic E-state index is 13.7. The van der Waals surface area contributed by atoms with Crippen LogP contribution in [0.4, 0.5) is 0 Å². The van der Waals surface area contributed by atoms with Crippen molar-refractivity contribution < 1.29 is 28.9 Å². The topological polar surface area (TPSA) is 98.2 Å². The zero-order valence-electron chi connectivity index (χ0n) is 20.6. The number of methoxy groups -OCH3 is 1. The minimum Gasteiger partial charge on any atom is -0.503 e. The van der Waals surface area contributed by atoms with Gasteiger partial charge in [0.15, 0.2) is 17.3 Å². The van der Waals surface area contributed by atoms with Crippen LogP contribution in [0.5, 0.6) is 11.5 Å². The molecule has 0 radical (unpaired) electrons. The molecule has 2 unspecified atom stereocenters. The molecule has 2 aliphatic heterocycles. The molecule has 1 saturated heterocycles. The number of rotatable bonds is 10. The lowest BCUT2D eigenvalue weighted by atomic mass is 9.94. The largest absolute Gasteiger partial charge is 0.503 e. The summed E-state index contributed by atoms with van der Waals surface area (Å²) in [5.74, 6) is -0.387. The van der Waals surface area contributed by atoms with Crippen LogP contribution >= 0.6 is 11.3 Å². The molecule has 0 saturated carbocycles. The number of aliphatic hydroxyl groups is 1. The highest BCUT2D eigenvalue weighted by atomic mass is 32.1. The molecule has 1 fully saturated rings. The lowest BCUT2D eigenvalue weighted by molar-refractivity contribution is -0.131. The van der Waals surface area contributed by atoms with Crippen molar-refractivity contribution in [2.24, 2.45) is 0 Å². The van der Waals surface area contributed by atoms with Gasteiger partial charge in [0.1, 0.15) is 0 Å². The van der Waals surface area contributed by atoms with E-state index in [4.69, 9.17) is 14.2 Å². The van der Waals surface area contributed by atoms with Crippen LogP contribution in [0, 0.1) is 13.8 Å². The van der Waals surface area contributed by atoms with Gasteiger partial charge in [0, 0.05) is 13.2 Å². The van der Waals surface area contributed by atoms with Gasteiger partial charge < -0.3 is 24.2 Å². The van der Waals surface area contributed by atoms with E-state index in [0.29, 0.717) is 40.8 Å². The summed E-state index contributed by atoms with van der Waals surface area (Å²) in [6.07, 6.45) is 3.52. The standard InChI is InChI=1S/C26H32N2O6S/c1-5-6-11-34-19-10-9-17(13-20(19)32-4)22-21(23(29)25-15(2)27-16(3)35-25)24(30)26(31)28(22)14-18-8-7-12-33-18/h9-10,13,18,22,30H,5-8,11-12,14H2,1-4H3. The number of aryl methyl sites for hydroxylation is 2. The molecule has 2 aromatic rings. The number of thiazole rings is 1. The molecule has 35 heavy (non-hydrogen) atoms. The lowest BCUT2D eigenvalue weighted by Gasteiger charge is -2.29. The van der Waals surface area contributed by atoms with Crippen molar-refractivity contribution in [3.05, 3.63) is 50.7 Å². The Morgan fingerprint density at radius 2 is 2.11 bits per heavy atom. The molecule has 0 spiro atoms. The molecule has 2 aliphatic rings. The Kier molecular flexibility index (Phi) is 7.76. The fraction of sp³-hybridized carbons (Fsp3) is 0.500. The molecule has 1 aromatic heterocycles. The number of ether oxygens (including phenoxy) is 3. The highest BCUT2D eigenvalue weighted by Gasteiger charge is 2.45. The second kappa shape index (κ2) is 10.8. The summed E-state index contributed by atoms with van der Waals surface area (Å²) < 4.78 is 17.2. The number of benzene rings is 1. The normalized spacial score (nSPS) is 20.1. The summed E-state index contributed by atoms with van der Waals surface area (Å²) in [5.41, 5.74) is 1.29. The molecular formula is C26H32N2O6S. The third-order valence-corrected chi connectivity index (χ3v) is 7.41. The summed E-state index contributed by atoms with van der Waals surface area (Å²) >= 11 is 1.26. The Hall–Kier alpha value is -2.91. The van der Waals surface area contributed by atoms with Crippen molar-refractivity contribution in [2.75, 3.05) is 26.9 Å². The van der Waals surface area contributed by atoms with Crippen LogP contribution < -0.4 is 9.47 Å². The molecule has 0 aliphatic carbocycles. The number of aliphatic hydroxyl groups excluding tert-OH is 1. The van der Waals surface area contributed by atoms with E-state index in [1.165, 1.54) is 16.2 Å². The number of amides is 1. The monoisotopic (exact) mass is 500 g/mol. The average Bonchev–Trinajstić information content (AvgIpc) is 3.54. The zero-order chi connectivity index (χ0) is 25.1. The van der Waals surface area contributed by atoms with Gasteiger partial charge in [0.2, 0.25) is 5.78 Å². The fourth-order valence-corrected chi connectivity index (χ4v) is 5.47. The van der Waals surface area contributed by atoms with Crippen LogP contribution in [0.25, 0.3) is 0 Å². The van der Waals surface area contributed by atoms with Crippen molar-refractivity contribution in [3.8, 4) is 11.5 Å². The number of carbonyl (C=O) groups excluding carboxylic acids is 2. The van der Waals surface area contributed by atoms with Crippen molar-refractivity contribution >= 4 is 23.0 Å². The second-order valence-corrected chi connectivity index (χ2v) is 10.0. The van der Waals surface area contributed by atoms with Crippen LogP contribution in [0.15, 0.2) is 29.5 Å². The molecule has 3 heterocycles. The van der Waals surface area contributed by atoms with Crippen molar-refractivity contribution in [1.82, 2.24) is 9.88 Å². The SMILES string of the molecule is CCCCOc1ccc(C2C(C(=O)c3sc(C)nc3C)=C(O)C(=O)N2CC2CCCO2)cc1OC. The summed E-state index contributed by atoms with van der Waals surface area (Å²) in [6, 6.07) is 4.61. The van der Waals surface area contributed by atoms with Crippen molar-refractivity contribution in [3.63, 3.8) is 0 Å². The first-order chi connectivity index (χ1) is 16.8. The van der Waals surface area contributed by atoms with E-state index in [-0.39, 0.29) is 24.0 Å². The molecule has 2 atom stereocenters. The second-order valence-electron chi connectivity index (χ2n) is 8.85. The van der Waals surface area contributed by atoms with Crippen LogP contribution in [0.3, 0.4) is 0 Å². The third-order valence-electron chi connectivity index (χ3n) is 6.34. The summed E-state index contributed by atoms with van der Waals surface area (Å²) in [7, 11) is 1.55. The minimum atomic E-state index is -0.778. The fourth-order valence-electron chi connectivity index (χ4n) is 4.59. The number of nitrogens with zero attached hydrogens (tertiary/aromatic N) is 2. The number of hydrogen-bond acceptors (Lipinski definition) is 8. The van der Waals surface area contributed by atoms with Gasteiger partial charge in [0.05, 0.1) is 47.0 Å². The summed E-state index contributed by atoms with van der Waals surface area (Å²) in [6.45, 7) is 7.16. The van der Waals surface area contributed by atoms with Gasteiger partial charge >= 0.3 is 0 Å². The van der Waals surface area contributed by atoms with Crippen molar-refractivity contribution in [2.45, 2.75) is 58.6 Å². The molecule has 188 valence electrons. The summed E-state index contributed by atoms with van der Waals surface area (Å²) in [5, 5.41) is 11.7. The lowest BCUT2D eigenvalue weighted by Crippen LogP contribution is -2.37. The first kappa shape index (κ1) is 25.2. The molecule has 8 nitrogen and oxygen atoms in total. The number of hydrogen-bond donors (Lipinski definition) is 1. The Morgan fingerprint density at radius 1 is 1.31 bits per heavy atom. The maximum absolute atomic E-state index is 13.7. The molecule has 1 amide bonds. The molecule has 9 heteroatoms. The predicted octanol–water partition coefficient (Wildman–Crippen LogP) is 4.70. The number of carbonyl (C=O) groups is 2. The molecule has 1 aromatic carbocycles. The maximum Gasteiger partial charge on any atom is 0.290 e. The Balaban J connectivity index is 1.75. The van der Waals surface area contributed by atoms with Crippen LogP contribution in [-0.4, -0.2) is 59.7 Å². The van der Waals surface area contributed by atoms with Crippen LogP contribution in [-0.2, 0) is 9.53 Å². The number of unbranched alkanes of at least 4 members (excludes halogenated alkanes) is 1. The number of aromatic nitrogens is 1. The third kappa shape index (κ3) is 5.06. The number of Topliss-reactive ketones (excluding diaryl/α,β-unsaturated/α-hetero) is 1. The van der Waals surface area contributed by atoms with E-state index < -0.39 is 17.7 Å². The first-order valence-electron chi connectivity index (χ1n) is 12.0. The minimum absolute atomic E-state index is 0.0569. The average molecular weight is 501 g/mol. The van der Waals surface area contributed by atoms with E-state index >= 15 is 0 Å².